The molecule has 0 bridgehead atoms. The van der Waals surface area contributed by atoms with Crippen molar-refractivity contribution in [2.24, 2.45) is 0 Å². The Morgan fingerprint density at radius 1 is 1.50 bits per heavy atom. The van der Waals surface area contributed by atoms with Gasteiger partial charge in [0.1, 0.15) is 0 Å². The molecule has 1 aromatic rings. The van der Waals surface area contributed by atoms with Gasteiger partial charge in [-0.05, 0) is 12.5 Å². The highest BCUT2D eigenvalue weighted by Crippen LogP contribution is 2.20. The first-order valence-corrected chi connectivity index (χ1v) is 4.83. The fraction of sp³-hybridized carbons (Fsp3) is 0.333. The number of hydrogen-bond donors (Lipinski definition) is 0. The number of rotatable bonds is 2. The van der Waals surface area contributed by atoms with Gasteiger partial charge in [0.15, 0.2) is 5.78 Å². The Morgan fingerprint density at radius 3 is 3.00 bits per heavy atom. The van der Waals surface area contributed by atoms with E-state index >= 15 is 0 Å². The second-order valence-corrected chi connectivity index (χ2v) is 3.85. The van der Waals surface area contributed by atoms with Crippen molar-refractivity contribution in [1.29, 1.82) is 0 Å². The molecule has 0 spiro atoms. The molecule has 1 aromatic heterocycles. The molecule has 0 aliphatic heterocycles. The summed E-state index contributed by atoms with van der Waals surface area (Å²) in [5.74, 6) is 0.265. The zero-order chi connectivity index (χ0) is 8.39. The largest absolute Gasteiger partial charge is 0.295 e. The minimum absolute atomic E-state index is 0.265. The molecule has 0 unspecified atom stereocenters. The molecule has 3 heteroatoms. The maximum atomic E-state index is 10.9. The van der Waals surface area contributed by atoms with Gasteiger partial charge in [0.05, 0.1) is 5.01 Å². The molecule has 0 fully saturated rings. The predicted molar refractivity (Wildman–Crippen MR) is 48.1 cm³/mol. The molecule has 2 rings (SSSR count). The molecule has 0 aromatic carbocycles. The van der Waals surface area contributed by atoms with Crippen LogP contribution in [0.2, 0.25) is 0 Å². The summed E-state index contributed by atoms with van der Waals surface area (Å²) in [5.41, 5.74) is 1.23. The Kier molecular flexibility index (Phi) is 2.04. The van der Waals surface area contributed by atoms with Gasteiger partial charge in [-0.15, -0.1) is 11.3 Å². The van der Waals surface area contributed by atoms with Gasteiger partial charge in [-0.25, -0.2) is 4.98 Å². The number of carbonyl (C=O) groups is 1. The zero-order valence-corrected chi connectivity index (χ0v) is 7.43. The van der Waals surface area contributed by atoms with Crippen LogP contribution in [0.4, 0.5) is 0 Å². The maximum Gasteiger partial charge on any atom is 0.155 e. The minimum atomic E-state index is 0.265. The third kappa shape index (κ3) is 1.61. The molecule has 1 aliphatic rings. The number of allylic oxidation sites excluding steroid dienone is 2. The molecule has 1 heterocycles. The fourth-order valence-corrected chi connectivity index (χ4v) is 2.00. The Balaban J connectivity index is 2.05. The Bertz CT molecular complexity index is 313. The van der Waals surface area contributed by atoms with Crippen molar-refractivity contribution >= 4 is 17.1 Å². The number of aromatic nitrogens is 1. The number of nitrogens with zero attached hydrogens (tertiary/aromatic N) is 1. The average Bonchev–Trinajstić information content (AvgIpc) is 2.63. The van der Waals surface area contributed by atoms with Crippen LogP contribution in [0.15, 0.2) is 23.2 Å². The summed E-state index contributed by atoms with van der Waals surface area (Å²) < 4.78 is 0. The van der Waals surface area contributed by atoms with Crippen LogP contribution >= 0.6 is 11.3 Å². The topological polar surface area (TPSA) is 30.0 Å². The first kappa shape index (κ1) is 7.68. The van der Waals surface area contributed by atoms with Gasteiger partial charge < -0.3 is 0 Å². The highest BCUT2D eigenvalue weighted by molar-refractivity contribution is 7.09. The lowest BCUT2D eigenvalue weighted by Gasteiger charge is -1.94. The molecule has 0 saturated carbocycles. The van der Waals surface area contributed by atoms with Crippen molar-refractivity contribution in [3.63, 3.8) is 0 Å². The molecule has 0 radical (unpaired) electrons. The van der Waals surface area contributed by atoms with Crippen molar-refractivity contribution in [3.05, 3.63) is 28.2 Å². The van der Waals surface area contributed by atoms with Crippen molar-refractivity contribution in [2.45, 2.75) is 19.3 Å². The standard InChI is InChI=1S/C9H9NOS/c11-8-2-1-7(5-8)6-9-10-3-4-12-9/h3-5H,1-2,6H2. The van der Waals surface area contributed by atoms with E-state index < -0.39 is 0 Å². The van der Waals surface area contributed by atoms with Crippen LogP contribution in [0.5, 0.6) is 0 Å². The molecule has 62 valence electrons. The smallest absolute Gasteiger partial charge is 0.155 e. The van der Waals surface area contributed by atoms with Gasteiger partial charge in [-0.1, -0.05) is 5.57 Å². The lowest BCUT2D eigenvalue weighted by molar-refractivity contribution is -0.114. The third-order valence-corrected chi connectivity index (χ3v) is 2.70. The quantitative estimate of drug-likeness (QED) is 0.694. The van der Waals surface area contributed by atoms with Crippen molar-refractivity contribution < 1.29 is 4.79 Å². The van der Waals surface area contributed by atoms with E-state index in [0.29, 0.717) is 6.42 Å². The van der Waals surface area contributed by atoms with E-state index in [1.807, 2.05) is 5.38 Å². The van der Waals surface area contributed by atoms with E-state index in [9.17, 15) is 4.79 Å². The summed E-state index contributed by atoms with van der Waals surface area (Å²) in [5, 5.41) is 3.07. The number of ketones is 1. The number of hydrogen-bond acceptors (Lipinski definition) is 3. The lowest BCUT2D eigenvalue weighted by Crippen LogP contribution is -1.85. The monoisotopic (exact) mass is 179 g/mol. The van der Waals surface area contributed by atoms with Crippen LogP contribution in [-0.2, 0) is 11.2 Å². The average molecular weight is 179 g/mol. The maximum absolute atomic E-state index is 10.9. The molecule has 2 nitrogen and oxygen atoms in total. The SMILES string of the molecule is O=C1C=C(Cc2nccs2)CC1. The van der Waals surface area contributed by atoms with Crippen molar-refractivity contribution in [2.75, 3.05) is 0 Å². The zero-order valence-electron chi connectivity index (χ0n) is 6.62. The lowest BCUT2D eigenvalue weighted by atomic mass is 10.2. The van der Waals surface area contributed by atoms with Gasteiger partial charge in [-0.3, -0.25) is 4.79 Å². The van der Waals surface area contributed by atoms with Crippen LogP contribution in [0, 0.1) is 0 Å². The van der Waals surface area contributed by atoms with E-state index in [1.54, 1.807) is 23.6 Å². The fourth-order valence-electron chi connectivity index (χ4n) is 1.33. The first-order chi connectivity index (χ1) is 5.84. The molecule has 12 heavy (non-hydrogen) atoms. The number of carbonyl (C=O) groups excluding carboxylic acids is 1. The third-order valence-electron chi connectivity index (χ3n) is 1.92. The van der Waals surface area contributed by atoms with Crippen LogP contribution in [-0.4, -0.2) is 10.8 Å². The summed E-state index contributed by atoms with van der Waals surface area (Å²) in [6.45, 7) is 0. The van der Waals surface area contributed by atoms with E-state index in [-0.39, 0.29) is 5.78 Å². The normalized spacial score (nSPS) is 16.7. The van der Waals surface area contributed by atoms with E-state index in [2.05, 4.69) is 4.98 Å². The highest BCUT2D eigenvalue weighted by Gasteiger charge is 2.12. The second kappa shape index (κ2) is 3.19. The Labute approximate surface area is 74.9 Å². The van der Waals surface area contributed by atoms with Crippen LogP contribution in [0.1, 0.15) is 17.8 Å². The van der Waals surface area contributed by atoms with Crippen molar-refractivity contribution in [3.8, 4) is 0 Å². The molecule has 0 amide bonds. The summed E-state index contributed by atoms with van der Waals surface area (Å²) in [6, 6.07) is 0. The Morgan fingerprint density at radius 2 is 2.42 bits per heavy atom. The first-order valence-electron chi connectivity index (χ1n) is 3.95. The molecule has 0 atom stereocenters. The van der Waals surface area contributed by atoms with E-state index in [0.717, 1.165) is 17.8 Å². The van der Waals surface area contributed by atoms with Crippen LogP contribution in [0.3, 0.4) is 0 Å². The van der Waals surface area contributed by atoms with Crippen LogP contribution in [0.25, 0.3) is 0 Å². The van der Waals surface area contributed by atoms with Crippen LogP contribution < -0.4 is 0 Å². The number of thiazole rings is 1. The summed E-state index contributed by atoms with van der Waals surface area (Å²) in [7, 11) is 0. The molecule has 0 saturated heterocycles. The van der Waals surface area contributed by atoms with E-state index in [4.69, 9.17) is 0 Å². The molecule has 0 N–H and O–H groups in total. The van der Waals surface area contributed by atoms with Gasteiger partial charge in [0.25, 0.3) is 0 Å². The summed E-state index contributed by atoms with van der Waals surface area (Å²) >= 11 is 1.65. The van der Waals surface area contributed by atoms with E-state index in [1.165, 1.54) is 5.57 Å². The van der Waals surface area contributed by atoms with Gasteiger partial charge in [-0.2, -0.15) is 0 Å². The summed E-state index contributed by atoms with van der Waals surface area (Å²) in [6.07, 6.45) is 6.06. The minimum Gasteiger partial charge on any atom is -0.295 e. The summed E-state index contributed by atoms with van der Waals surface area (Å²) in [4.78, 5) is 15.1. The van der Waals surface area contributed by atoms with Gasteiger partial charge >= 0.3 is 0 Å². The molecule has 1 aliphatic carbocycles. The predicted octanol–water partition coefficient (Wildman–Crippen LogP) is 1.97. The second-order valence-electron chi connectivity index (χ2n) is 2.87. The Hall–Kier alpha value is -0.960. The molecular formula is C9H9NOS. The van der Waals surface area contributed by atoms with Crippen molar-refractivity contribution in [1.82, 2.24) is 4.98 Å². The highest BCUT2D eigenvalue weighted by atomic mass is 32.1. The van der Waals surface area contributed by atoms with Gasteiger partial charge in [0, 0.05) is 24.4 Å². The molecular weight excluding hydrogens is 170 g/mol. The van der Waals surface area contributed by atoms with Gasteiger partial charge in [0.2, 0.25) is 0 Å².